The molecular formula is C21H26N2O5S. The summed E-state index contributed by atoms with van der Waals surface area (Å²) in [5.41, 5.74) is 2.28. The highest BCUT2D eigenvalue weighted by molar-refractivity contribution is 7.13. The van der Waals surface area contributed by atoms with E-state index >= 15 is 0 Å². The number of thiazole rings is 1. The number of benzene rings is 1. The SMILES string of the molecule is CCc1ccc(-c2nc(C(=O)OCC(=O)N[C@H](CC(C)C)C(=O)OC)cs2)cc1. The molecule has 0 aliphatic carbocycles. The van der Waals surface area contributed by atoms with Crippen LogP contribution in [0.25, 0.3) is 10.6 Å². The lowest BCUT2D eigenvalue weighted by Crippen LogP contribution is -2.44. The van der Waals surface area contributed by atoms with E-state index < -0.39 is 30.5 Å². The number of aryl methyl sites for hydroxylation is 1. The van der Waals surface area contributed by atoms with E-state index in [1.165, 1.54) is 24.0 Å². The molecule has 0 radical (unpaired) electrons. The third-order valence-electron chi connectivity index (χ3n) is 4.18. The van der Waals surface area contributed by atoms with Gasteiger partial charge in [-0.05, 0) is 24.3 Å². The fourth-order valence-electron chi connectivity index (χ4n) is 2.65. The van der Waals surface area contributed by atoms with Gasteiger partial charge in [-0.3, -0.25) is 4.79 Å². The quantitative estimate of drug-likeness (QED) is 0.628. The van der Waals surface area contributed by atoms with Gasteiger partial charge in [0.2, 0.25) is 0 Å². The Hall–Kier alpha value is -2.74. The van der Waals surface area contributed by atoms with Gasteiger partial charge >= 0.3 is 11.9 Å². The number of amides is 1. The third-order valence-corrected chi connectivity index (χ3v) is 5.08. The van der Waals surface area contributed by atoms with E-state index in [1.807, 2.05) is 38.1 Å². The maximum absolute atomic E-state index is 12.2. The van der Waals surface area contributed by atoms with Crippen LogP contribution in [0.3, 0.4) is 0 Å². The maximum atomic E-state index is 12.2. The van der Waals surface area contributed by atoms with E-state index in [1.54, 1.807) is 5.38 Å². The smallest absolute Gasteiger partial charge is 0.358 e. The van der Waals surface area contributed by atoms with Gasteiger partial charge in [-0.25, -0.2) is 14.6 Å². The van der Waals surface area contributed by atoms with Gasteiger partial charge in [0.15, 0.2) is 12.3 Å². The van der Waals surface area contributed by atoms with Crippen molar-refractivity contribution in [2.45, 2.75) is 39.7 Å². The highest BCUT2D eigenvalue weighted by Crippen LogP contribution is 2.24. The van der Waals surface area contributed by atoms with Crippen molar-refractivity contribution in [2.24, 2.45) is 5.92 Å². The van der Waals surface area contributed by atoms with Crippen LogP contribution in [-0.2, 0) is 25.5 Å². The zero-order valence-corrected chi connectivity index (χ0v) is 17.9. The van der Waals surface area contributed by atoms with Crippen LogP contribution >= 0.6 is 11.3 Å². The molecule has 29 heavy (non-hydrogen) atoms. The van der Waals surface area contributed by atoms with Crippen molar-refractivity contribution in [3.63, 3.8) is 0 Å². The molecule has 1 aromatic carbocycles. The molecule has 1 heterocycles. The molecule has 2 rings (SSSR count). The predicted molar refractivity (Wildman–Crippen MR) is 111 cm³/mol. The molecule has 1 atom stereocenters. The minimum Gasteiger partial charge on any atom is -0.467 e. The summed E-state index contributed by atoms with van der Waals surface area (Å²) in [5, 5.41) is 4.84. The number of hydrogen-bond donors (Lipinski definition) is 1. The molecule has 0 spiro atoms. The molecule has 1 amide bonds. The predicted octanol–water partition coefficient (Wildman–Crippen LogP) is 3.23. The van der Waals surface area contributed by atoms with Gasteiger partial charge in [0.1, 0.15) is 11.0 Å². The molecule has 156 valence electrons. The molecule has 0 saturated carbocycles. The number of nitrogens with zero attached hydrogens (tertiary/aromatic N) is 1. The number of carbonyl (C=O) groups excluding carboxylic acids is 3. The van der Waals surface area contributed by atoms with E-state index in [-0.39, 0.29) is 11.6 Å². The van der Waals surface area contributed by atoms with Crippen LogP contribution in [0.1, 0.15) is 43.2 Å². The monoisotopic (exact) mass is 418 g/mol. The topological polar surface area (TPSA) is 94.6 Å². The lowest BCUT2D eigenvalue weighted by molar-refractivity contribution is -0.145. The second-order valence-corrected chi connectivity index (χ2v) is 7.80. The fraction of sp³-hybridized carbons (Fsp3) is 0.429. The number of hydrogen-bond acceptors (Lipinski definition) is 7. The minimum atomic E-state index is -0.775. The summed E-state index contributed by atoms with van der Waals surface area (Å²) in [6.07, 6.45) is 1.38. The normalized spacial score (nSPS) is 11.8. The van der Waals surface area contributed by atoms with E-state index in [0.717, 1.165) is 12.0 Å². The molecular weight excluding hydrogens is 392 g/mol. The lowest BCUT2D eigenvalue weighted by Gasteiger charge is -2.18. The second-order valence-electron chi connectivity index (χ2n) is 6.94. The molecule has 0 fully saturated rings. The van der Waals surface area contributed by atoms with E-state index in [9.17, 15) is 14.4 Å². The van der Waals surface area contributed by atoms with Gasteiger partial charge in [0, 0.05) is 10.9 Å². The first-order valence-electron chi connectivity index (χ1n) is 9.43. The van der Waals surface area contributed by atoms with Gasteiger partial charge in [0.25, 0.3) is 5.91 Å². The Balaban J connectivity index is 1.92. The highest BCUT2D eigenvalue weighted by Gasteiger charge is 2.23. The van der Waals surface area contributed by atoms with Crippen molar-refractivity contribution < 1.29 is 23.9 Å². The zero-order chi connectivity index (χ0) is 21.4. The average molecular weight is 419 g/mol. The summed E-state index contributed by atoms with van der Waals surface area (Å²) in [4.78, 5) is 40.3. The molecule has 1 N–H and O–H groups in total. The summed E-state index contributed by atoms with van der Waals surface area (Å²) >= 11 is 1.33. The molecule has 8 heteroatoms. The first-order chi connectivity index (χ1) is 13.8. The molecule has 2 aromatic rings. The largest absolute Gasteiger partial charge is 0.467 e. The van der Waals surface area contributed by atoms with Crippen molar-refractivity contribution in [1.29, 1.82) is 0 Å². The first-order valence-corrected chi connectivity index (χ1v) is 10.3. The van der Waals surface area contributed by atoms with Crippen molar-refractivity contribution >= 4 is 29.2 Å². The van der Waals surface area contributed by atoms with Crippen LogP contribution in [0.2, 0.25) is 0 Å². The fourth-order valence-corrected chi connectivity index (χ4v) is 3.45. The molecule has 0 unspecified atom stereocenters. The van der Waals surface area contributed by atoms with Gasteiger partial charge in [-0.15, -0.1) is 11.3 Å². The van der Waals surface area contributed by atoms with Gasteiger partial charge in [0.05, 0.1) is 7.11 Å². The Morgan fingerprint density at radius 2 is 1.86 bits per heavy atom. The first kappa shape index (κ1) is 22.5. The summed E-state index contributed by atoms with van der Waals surface area (Å²) in [5.74, 6) is -1.61. The van der Waals surface area contributed by atoms with Crippen LogP contribution < -0.4 is 5.32 Å². The van der Waals surface area contributed by atoms with Crippen LogP contribution in [0.15, 0.2) is 29.6 Å². The number of methoxy groups -OCH3 is 1. The van der Waals surface area contributed by atoms with Crippen molar-refractivity contribution in [3.8, 4) is 10.6 Å². The molecule has 0 aliphatic rings. The zero-order valence-electron chi connectivity index (χ0n) is 17.1. The second kappa shape index (κ2) is 10.7. The number of carbonyl (C=O) groups is 3. The number of nitrogens with one attached hydrogen (secondary N) is 1. The van der Waals surface area contributed by atoms with Gasteiger partial charge in [-0.2, -0.15) is 0 Å². The number of esters is 2. The Bertz CT molecular complexity index is 845. The Morgan fingerprint density at radius 1 is 1.17 bits per heavy atom. The molecule has 0 saturated heterocycles. The minimum absolute atomic E-state index is 0.143. The van der Waals surface area contributed by atoms with Gasteiger partial charge in [-0.1, -0.05) is 45.0 Å². The summed E-state index contributed by atoms with van der Waals surface area (Å²) in [6, 6.07) is 7.19. The van der Waals surface area contributed by atoms with E-state index in [4.69, 9.17) is 9.47 Å². The molecule has 7 nitrogen and oxygen atoms in total. The van der Waals surface area contributed by atoms with E-state index in [2.05, 4.69) is 17.2 Å². The maximum Gasteiger partial charge on any atom is 0.358 e. The van der Waals surface area contributed by atoms with Crippen LogP contribution in [0, 0.1) is 5.92 Å². The summed E-state index contributed by atoms with van der Waals surface area (Å²) in [7, 11) is 1.26. The summed E-state index contributed by atoms with van der Waals surface area (Å²) < 4.78 is 9.73. The van der Waals surface area contributed by atoms with Gasteiger partial charge < -0.3 is 14.8 Å². The van der Waals surface area contributed by atoms with Crippen LogP contribution in [0.4, 0.5) is 0 Å². The molecule has 0 bridgehead atoms. The van der Waals surface area contributed by atoms with E-state index in [0.29, 0.717) is 11.4 Å². The standard InChI is InChI=1S/C21H26N2O5S/c1-5-14-6-8-15(9-7-14)19-23-17(12-29-19)21(26)28-11-18(24)22-16(10-13(2)3)20(25)27-4/h6-9,12-13,16H,5,10-11H2,1-4H3,(H,22,24)/t16-/m1/s1. The Morgan fingerprint density at radius 3 is 2.45 bits per heavy atom. The van der Waals surface area contributed by atoms with Crippen molar-refractivity contribution in [3.05, 3.63) is 40.9 Å². The van der Waals surface area contributed by atoms with Crippen LogP contribution in [0.5, 0.6) is 0 Å². The number of rotatable bonds is 9. The number of ether oxygens (including phenoxy) is 2. The Labute approximate surface area is 174 Å². The highest BCUT2D eigenvalue weighted by atomic mass is 32.1. The van der Waals surface area contributed by atoms with Crippen molar-refractivity contribution in [2.75, 3.05) is 13.7 Å². The van der Waals surface area contributed by atoms with Crippen LogP contribution in [-0.4, -0.2) is 42.6 Å². The molecule has 0 aliphatic heterocycles. The molecule has 1 aromatic heterocycles. The average Bonchev–Trinajstić information content (AvgIpc) is 3.21. The third kappa shape index (κ3) is 6.67. The van der Waals surface area contributed by atoms with Crippen molar-refractivity contribution in [1.82, 2.24) is 10.3 Å². The number of aromatic nitrogens is 1. The lowest BCUT2D eigenvalue weighted by atomic mass is 10.0. The Kier molecular flexibility index (Phi) is 8.33. The summed E-state index contributed by atoms with van der Waals surface area (Å²) in [6.45, 7) is 5.44.